The van der Waals surface area contributed by atoms with Crippen LogP contribution in [0.1, 0.15) is 15.9 Å². The standard InChI is InChI=1S/C9H10N2O2S/c1-5-3-2-4-6(11-9(10)14)7(5)8(12)13/h2-4H,1H3,(H,12,13)(H3,10,11,14). The topological polar surface area (TPSA) is 75.3 Å². The molecule has 0 saturated heterocycles. The molecule has 0 atom stereocenters. The van der Waals surface area contributed by atoms with Gasteiger partial charge in [-0.05, 0) is 30.8 Å². The molecule has 1 aromatic rings. The zero-order valence-electron chi connectivity index (χ0n) is 7.57. The second kappa shape index (κ2) is 4.06. The third-order valence-corrected chi connectivity index (χ3v) is 1.85. The highest BCUT2D eigenvalue weighted by atomic mass is 32.1. The lowest BCUT2D eigenvalue weighted by Gasteiger charge is -2.09. The van der Waals surface area contributed by atoms with Gasteiger partial charge in [0.25, 0.3) is 0 Å². The molecule has 0 aliphatic carbocycles. The lowest BCUT2D eigenvalue weighted by Crippen LogP contribution is -2.21. The summed E-state index contributed by atoms with van der Waals surface area (Å²) in [5.74, 6) is -0.998. The molecule has 5 heteroatoms. The Morgan fingerprint density at radius 1 is 1.57 bits per heavy atom. The Kier molecular flexibility index (Phi) is 3.03. The smallest absolute Gasteiger partial charge is 0.338 e. The average molecular weight is 210 g/mol. The Morgan fingerprint density at radius 2 is 2.21 bits per heavy atom. The number of nitrogens with one attached hydrogen (secondary N) is 1. The van der Waals surface area contributed by atoms with Crippen molar-refractivity contribution in [2.75, 3.05) is 5.32 Å². The SMILES string of the molecule is Cc1cccc(NC(N)=S)c1C(=O)O. The molecule has 0 unspecified atom stereocenters. The zero-order chi connectivity index (χ0) is 10.7. The summed E-state index contributed by atoms with van der Waals surface area (Å²) >= 11 is 4.64. The molecule has 1 rings (SSSR count). The van der Waals surface area contributed by atoms with E-state index in [2.05, 4.69) is 17.5 Å². The van der Waals surface area contributed by atoms with Crippen molar-refractivity contribution in [3.8, 4) is 0 Å². The molecule has 0 saturated carbocycles. The molecule has 0 aliphatic heterocycles. The second-order valence-electron chi connectivity index (χ2n) is 2.79. The predicted octanol–water partition coefficient (Wildman–Crippen LogP) is 1.35. The monoisotopic (exact) mass is 210 g/mol. The van der Waals surface area contributed by atoms with Crippen molar-refractivity contribution in [3.63, 3.8) is 0 Å². The van der Waals surface area contributed by atoms with Gasteiger partial charge in [-0.15, -0.1) is 0 Å². The number of carboxylic acids is 1. The van der Waals surface area contributed by atoms with E-state index in [9.17, 15) is 4.79 Å². The first-order chi connectivity index (χ1) is 6.52. The predicted molar refractivity (Wildman–Crippen MR) is 58.5 cm³/mol. The molecule has 0 amide bonds. The molecule has 0 aliphatic rings. The molecule has 4 N–H and O–H groups in total. The van der Waals surface area contributed by atoms with Gasteiger partial charge in [-0.3, -0.25) is 0 Å². The van der Waals surface area contributed by atoms with Gasteiger partial charge in [0.15, 0.2) is 5.11 Å². The zero-order valence-corrected chi connectivity index (χ0v) is 8.39. The van der Waals surface area contributed by atoms with Gasteiger partial charge in [-0.2, -0.15) is 0 Å². The number of thiocarbonyl (C=S) groups is 1. The van der Waals surface area contributed by atoms with Gasteiger partial charge in [-0.25, -0.2) is 4.79 Å². The van der Waals surface area contributed by atoms with Crippen LogP contribution < -0.4 is 11.1 Å². The van der Waals surface area contributed by atoms with Crippen LogP contribution in [0.2, 0.25) is 0 Å². The summed E-state index contributed by atoms with van der Waals surface area (Å²) < 4.78 is 0. The number of carboxylic acid groups (broad SMARTS) is 1. The number of rotatable bonds is 2. The molecular weight excluding hydrogens is 200 g/mol. The van der Waals surface area contributed by atoms with Crippen LogP contribution in [-0.4, -0.2) is 16.2 Å². The third-order valence-electron chi connectivity index (χ3n) is 1.74. The van der Waals surface area contributed by atoms with Gasteiger partial charge in [0.05, 0.1) is 11.3 Å². The van der Waals surface area contributed by atoms with Crippen molar-refractivity contribution >= 4 is 29.0 Å². The summed E-state index contributed by atoms with van der Waals surface area (Å²) in [5.41, 5.74) is 6.55. The highest BCUT2D eigenvalue weighted by Gasteiger charge is 2.12. The van der Waals surface area contributed by atoms with Crippen LogP contribution in [0.3, 0.4) is 0 Å². The van der Waals surface area contributed by atoms with Gasteiger partial charge in [-0.1, -0.05) is 12.1 Å². The maximum absolute atomic E-state index is 10.9. The van der Waals surface area contributed by atoms with E-state index >= 15 is 0 Å². The maximum Gasteiger partial charge on any atom is 0.338 e. The van der Waals surface area contributed by atoms with Crippen LogP contribution in [0.5, 0.6) is 0 Å². The molecular formula is C9H10N2O2S. The van der Waals surface area contributed by atoms with E-state index < -0.39 is 5.97 Å². The Labute approximate surface area is 86.7 Å². The van der Waals surface area contributed by atoms with Crippen molar-refractivity contribution in [1.29, 1.82) is 0 Å². The van der Waals surface area contributed by atoms with E-state index in [0.717, 1.165) is 0 Å². The highest BCUT2D eigenvalue weighted by Crippen LogP contribution is 2.19. The van der Waals surface area contributed by atoms with Gasteiger partial charge in [0, 0.05) is 0 Å². The van der Waals surface area contributed by atoms with Crippen LogP contribution in [0.15, 0.2) is 18.2 Å². The summed E-state index contributed by atoms with van der Waals surface area (Å²) in [6.07, 6.45) is 0. The Bertz CT molecular complexity index is 390. The molecule has 0 radical (unpaired) electrons. The minimum Gasteiger partial charge on any atom is -0.478 e. The summed E-state index contributed by atoms with van der Waals surface area (Å²) in [6, 6.07) is 5.08. The molecule has 0 aromatic heterocycles. The first-order valence-electron chi connectivity index (χ1n) is 3.91. The molecule has 0 heterocycles. The molecule has 4 nitrogen and oxygen atoms in total. The van der Waals surface area contributed by atoms with Crippen LogP contribution in [0, 0.1) is 6.92 Å². The summed E-state index contributed by atoms with van der Waals surface area (Å²) in [5, 5.41) is 11.6. The minimum absolute atomic E-state index is 0.0538. The highest BCUT2D eigenvalue weighted by molar-refractivity contribution is 7.80. The van der Waals surface area contributed by atoms with Crippen molar-refractivity contribution in [1.82, 2.24) is 0 Å². The third kappa shape index (κ3) is 2.20. The first kappa shape index (κ1) is 10.5. The van der Waals surface area contributed by atoms with E-state index in [1.807, 2.05) is 0 Å². The fourth-order valence-corrected chi connectivity index (χ4v) is 1.30. The molecule has 0 spiro atoms. The largest absolute Gasteiger partial charge is 0.478 e. The number of hydrogen-bond donors (Lipinski definition) is 3. The quantitative estimate of drug-likeness (QED) is 0.642. The normalized spacial score (nSPS) is 9.50. The lowest BCUT2D eigenvalue weighted by atomic mass is 10.1. The number of nitrogens with two attached hydrogens (primary N) is 1. The summed E-state index contributed by atoms with van der Waals surface area (Å²) in [7, 11) is 0. The van der Waals surface area contributed by atoms with Gasteiger partial charge < -0.3 is 16.2 Å². The van der Waals surface area contributed by atoms with Gasteiger partial charge >= 0.3 is 5.97 Å². The molecule has 74 valence electrons. The fraction of sp³-hybridized carbons (Fsp3) is 0.111. The van der Waals surface area contributed by atoms with E-state index in [1.165, 1.54) is 0 Å². The molecule has 1 aromatic carbocycles. The lowest BCUT2D eigenvalue weighted by molar-refractivity contribution is 0.0697. The Hall–Kier alpha value is -1.62. The van der Waals surface area contributed by atoms with E-state index in [4.69, 9.17) is 10.8 Å². The maximum atomic E-state index is 10.9. The van der Waals surface area contributed by atoms with E-state index in [0.29, 0.717) is 11.3 Å². The number of benzene rings is 1. The van der Waals surface area contributed by atoms with E-state index in [1.54, 1.807) is 25.1 Å². The average Bonchev–Trinajstić information content (AvgIpc) is 2.01. The number of aryl methyl sites for hydroxylation is 1. The van der Waals surface area contributed by atoms with Crippen LogP contribution in [0.4, 0.5) is 5.69 Å². The van der Waals surface area contributed by atoms with Crippen LogP contribution in [0.25, 0.3) is 0 Å². The Balaban J connectivity index is 3.21. The Morgan fingerprint density at radius 3 is 2.71 bits per heavy atom. The number of hydrogen-bond acceptors (Lipinski definition) is 2. The van der Waals surface area contributed by atoms with Crippen LogP contribution >= 0.6 is 12.2 Å². The fourth-order valence-electron chi connectivity index (χ4n) is 1.19. The molecule has 0 fully saturated rings. The minimum atomic E-state index is -0.998. The number of anilines is 1. The van der Waals surface area contributed by atoms with Crippen molar-refractivity contribution in [3.05, 3.63) is 29.3 Å². The molecule has 0 bridgehead atoms. The second-order valence-corrected chi connectivity index (χ2v) is 3.23. The van der Waals surface area contributed by atoms with Gasteiger partial charge in [0.2, 0.25) is 0 Å². The van der Waals surface area contributed by atoms with Crippen molar-refractivity contribution in [2.45, 2.75) is 6.92 Å². The number of aromatic carboxylic acids is 1. The summed E-state index contributed by atoms with van der Waals surface area (Å²) in [6.45, 7) is 1.72. The van der Waals surface area contributed by atoms with Crippen molar-refractivity contribution in [2.24, 2.45) is 5.73 Å². The summed E-state index contributed by atoms with van der Waals surface area (Å²) in [4.78, 5) is 10.9. The van der Waals surface area contributed by atoms with Gasteiger partial charge in [0.1, 0.15) is 0 Å². The van der Waals surface area contributed by atoms with Crippen LogP contribution in [-0.2, 0) is 0 Å². The first-order valence-corrected chi connectivity index (χ1v) is 4.32. The molecule has 14 heavy (non-hydrogen) atoms. The van der Waals surface area contributed by atoms with Crippen molar-refractivity contribution < 1.29 is 9.90 Å². The van der Waals surface area contributed by atoms with E-state index in [-0.39, 0.29) is 10.7 Å². The number of carbonyl (C=O) groups is 1.